The molecule has 0 unspecified atom stereocenters. The first-order valence-corrected chi connectivity index (χ1v) is 7.83. The molecule has 0 aromatic heterocycles. The van der Waals surface area contributed by atoms with Crippen molar-refractivity contribution < 1.29 is 4.74 Å². The third kappa shape index (κ3) is 2.90. The lowest BCUT2D eigenvalue weighted by molar-refractivity contribution is 0.00507. The van der Waals surface area contributed by atoms with Gasteiger partial charge in [-0.15, -0.1) is 0 Å². The molecule has 1 heterocycles. The van der Waals surface area contributed by atoms with Crippen molar-refractivity contribution in [3.8, 4) is 6.07 Å². The van der Waals surface area contributed by atoms with Crippen LogP contribution in [0.15, 0.2) is 24.3 Å². The summed E-state index contributed by atoms with van der Waals surface area (Å²) in [4.78, 5) is 2.54. The lowest BCUT2D eigenvalue weighted by Crippen LogP contribution is -2.47. The van der Waals surface area contributed by atoms with Crippen molar-refractivity contribution in [1.82, 2.24) is 4.90 Å². The molecule has 1 aliphatic heterocycles. The van der Waals surface area contributed by atoms with E-state index in [-0.39, 0.29) is 5.41 Å². The Hall–Kier alpha value is -1.57. The van der Waals surface area contributed by atoms with Crippen LogP contribution in [0.1, 0.15) is 31.2 Å². The van der Waals surface area contributed by atoms with Crippen LogP contribution in [-0.2, 0) is 10.2 Å². The number of nitrogens with two attached hydrogens (primary N) is 1. The van der Waals surface area contributed by atoms with E-state index in [0.717, 1.165) is 63.2 Å². The monoisotopic (exact) mass is 285 g/mol. The quantitative estimate of drug-likeness (QED) is 0.847. The van der Waals surface area contributed by atoms with Gasteiger partial charge in [-0.05, 0) is 43.4 Å². The summed E-state index contributed by atoms with van der Waals surface area (Å²) in [6.45, 7) is 3.76. The Balaban J connectivity index is 1.69. The van der Waals surface area contributed by atoms with E-state index in [2.05, 4.69) is 11.0 Å². The number of anilines is 1. The summed E-state index contributed by atoms with van der Waals surface area (Å²) in [6, 6.07) is 11.1. The normalized spacial score (nSPS) is 30.7. The number of nitrogens with zero attached hydrogens (tertiary/aromatic N) is 2. The maximum Gasteiger partial charge on any atom is 0.0823 e. The molecular formula is C17H23N3O. The molecule has 1 aliphatic carbocycles. The molecule has 3 rings (SSSR count). The zero-order valence-corrected chi connectivity index (χ0v) is 12.4. The van der Waals surface area contributed by atoms with E-state index >= 15 is 0 Å². The van der Waals surface area contributed by atoms with Gasteiger partial charge in [0, 0.05) is 24.8 Å². The van der Waals surface area contributed by atoms with Crippen LogP contribution in [0.3, 0.4) is 0 Å². The maximum atomic E-state index is 9.75. The molecule has 21 heavy (non-hydrogen) atoms. The van der Waals surface area contributed by atoms with Crippen molar-refractivity contribution in [3.05, 3.63) is 29.8 Å². The molecule has 2 aliphatic rings. The van der Waals surface area contributed by atoms with Gasteiger partial charge in [-0.3, -0.25) is 4.90 Å². The minimum atomic E-state index is -0.323. The summed E-state index contributed by atoms with van der Waals surface area (Å²) in [5.41, 5.74) is 7.32. The molecular weight excluding hydrogens is 262 g/mol. The van der Waals surface area contributed by atoms with Gasteiger partial charge in [0.15, 0.2) is 0 Å². The smallest absolute Gasteiger partial charge is 0.0823 e. The van der Waals surface area contributed by atoms with E-state index < -0.39 is 0 Å². The second-order valence-electron chi connectivity index (χ2n) is 6.20. The molecule has 2 fully saturated rings. The Kier molecular flexibility index (Phi) is 4.14. The van der Waals surface area contributed by atoms with Crippen LogP contribution in [0.2, 0.25) is 0 Å². The van der Waals surface area contributed by atoms with Crippen molar-refractivity contribution in [2.24, 2.45) is 0 Å². The van der Waals surface area contributed by atoms with Gasteiger partial charge in [0.1, 0.15) is 0 Å². The topological polar surface area (TPSA) is 62.3 Å². The fourth-order valence-corrected chi connectivity index (χ4v) is 3.67. The number of ether oxygens (including phenoxy) is 1. The minimum Gasteiger partial charge on any atom is -0.399 e. The molecule has 1 saturated heterocycles. The Morgan fingerprint density at radius 3 is 2.33 bits per heavy atom. The fourth-order valence-electron chi connectivity index (χ4n) is 3.67. The number of hydrogen-bond acceptors (Lipinski definition) is 4. The summed E-state index contributed by atoms with van der Waals surface area (Å²) in [6.07, 6.45) is 4.07. The highest BCUT2D eigenvalue weighted by molar-refractivity contribution is 5.43. The van der Waals surface area contributed by atoms with E-state index in [0.29, 0.717) is 6.04 Å². The zero-order valence-electron chi connectivity index (χ0n) is 12.4. The van der Waals surface area contributed by atoms with Crippen LogP contribution >= 0.6 is 0 Å². The third-order valence-electron chi connectivity index (χ3n) is 5.05. The van der Waals surface area contributed by atoms with Crippen LogP contribution < -0.4 is 5.73 Å². The molecule has 0 spiro atoms. The minimum absolute atomic E-state index is 0.323. The maximum absolute atomic E-state index is 9.75. The summed E-state index contributed by atoms with van der Waals surface area (Å²) >= 11 is 0. The van der Waals surface area contributed by atoms with Gasteiger partial charge in [-0.25, -0.2) is 0 Å². The summed E-state index contributed by atoms with van der Waals surface area (Å²) in [5.74, 6) is 0. The van der Waals surface area contributed by atoms with Crippen LogP contribution in [0.25, 0.3) is 0 Å². The molecule has 4 nitrogen and oxygen atoms in total. The highest BCUT2D eigenvalue weighted by atomic mass is 16.5. The fraction of sp³-hybridized carbons (Fsp3) is 0.588. The Morgan fingerprint density at radius 2 is 1.76 bits per heavy atom. The van der Waals surface area contributed by atoms with Crippen molar-refractivity contribution in [3.63, 3.8) is 0 Å². The number of benzene rings is 1. The third-order valence-corrected chi connectivity index (χ3v) is 5.05. The number of nitrogen functional groups attached to an aromatic ring is 1. The first-order valence-electron chi connectivity index (χ1n) is 7.83. The predicted octanol–water partition coefficient (Wildman–Crippen LogP) is 2.30. The molecule has 0 radical (unpaired) electrons. The second-order valence-corrected chi connectivity index (χ2v) is 6.20. The van der Waals surface area contributed by atoms with E-state index in [9.17, 15) is 5.26 Å². The van der Waals surface area contributed by atoms with Gasteiger partial charge >= 0.3 is 0 Å². The number of nitriles is 1. The molecule has 1 aromatic carbocycles. The van der Waals surface area contributed by atoms with Gasteiger partial charge in [0.05, 0.1) is 24.7 Å². The molecule has 112 valence electrons. The van der Waals surface area contributed by atoms with Gasteiger partial charge in [-0.2, -0.15) is 5.26 Å². The van der Waals surface area contributed by atoms with Gasteiger partial charge in [0.25, 0.3) is 0 Å². The van der Waals surface area contributed by atoms with Gasteiger partial charge in [0.2, 0.25) is 0 Å². The van der Waals surface area contributed by atoms with Crippen LogP contribution in [0, 0.1) is 11.3 Å². The van der Waals surface area contributed by atoms with Crippen LogP contribution in [0.4, 0.5) is 5.69 Å². The summed E-state index contributed by atoms with van der Waals surface area (Å²) < 4.78 is 5.43. The van der Waals surface area contributed by atoms with Crippen molar-refractivity contribution in [1.29, 1.82) is 5.26 Å². The molecule has 0 amide bonds. The van der Waals surface area contributed by atoms with Gasteiger partial charge in [-0.1, -0.05) is 12.1 Å². The number of morpholine rings is 1. The first kappa shape index (κ1) is 14.4. The summed E-state index contributed by atoms with van der Waals surface area (Å²) in [7, 11) is 0. The van der Waals surface area contributed by atoms with E-state index in [1.165, 1.54) is 0 Å². The Bertz CT molecular complexity index is 506. The predicted molar refractivity (Wildman–Crippen MR) is 82.8 cm³/mol. The second kappa shape index (κ2) is 6.05. The summed E-state index contributed by atoms with van der Waals surface area (Å²) in [5, 5.41) is 9.75. The van der Waals surface area contributed by atoms with Crippen LogP contribution in [-0.4, -0.2) is 37.2 Å². The average Bonchev–Trinajstić information content (AvgIpc) is 2.56. The van der Waals surface area contributed by atoms with Gasteiger partial charge < -0.3 is 10.5 Å². The SMILES string of the molecule is N#CC1(c2ccc(N)cc2)CCC(N2CCOCC2)CC1. The number of rotatable bonds is 2. The highest BCUT2D eigenvalue weighted by Crippen LogP contribution is 2.40. The first-order chi connectivity index (χ1) is 10.2. The molecule has 4 heteroatoms. The van der Waals surface area contributed by atoms with E-state index in [1.807, 2.05) is 24.3 Å². The van der Waals surface area contributed by atoms with Crippen molar-refractivity contribution in [2.45, 2.75) is 37.1 Å². The molecule has 2 N–H and O–H groups in total. The largest absolute Gasteiger partial charge is 0.399 e. The average molecular weight is 285 g/mol. The molecule has 0 bridgehead atoms. The highest BCUT2D eigenvalue weighted by Gasteiger charge is 2.38. The van der Waals surface area contributed by atoms with Crippen LogP contribution in [0.5, 0.6) is 0 Å². The standard InChI is InChI=1S/C17H23N3O/c18-13-17(14-1-3-15(19)4-2-14)7-5-16(6-8-17)20-9-11-21-12-10-20/h1-4,16H,5-12,19H2. The lowest BCUT2D eigenvalue weighted by Gasteiger charge is -2.41. The molecule has 1 aromatic rings. The lowest BCUT2D eigenvalue weighted by atomic mass is 9.69. The Morgan fingerprint density at radius 1 is 1.14 bits per heavy atom. The molecule has 1 saturated carbocycles. The zero-order chi connectivity index (χ0) is 14.7. The molecule has 0 atom stereocenters. The van der Waals surface area contributed by atoms with Crippen molar-refractivity contribution in [2.75, 3.05) is 32.0 Å². The van der Waals surface area contributed by atoms with Crippen molar-refractivity contribution >= 4 is 5.69 Å². The number of hydrogen-bond donors (Lipinski definition) is 1. The Labute approximate surface area is 126 Å². The van der Waals surface area contributed by atoms with E-state index in [1.54, 1.807) is 0 Å². The van der Waals surface area contributed by atoms with E-state index in [4.69, 9.17) is 10.5 Å².